The van der Waals surface area contributed by atoms with Crippen LogP contribution in [0, 0.1) is 23.7 Å². The Morgan fingerprint density at radius 3 is 2.90 bits per heavy atom. The van der Waals surface area contributed by atoms with Crippen LogP contribution in [0.1, 0.15) is 5.56 Å². The predicted molar refractivity (Wildman–Crippen MR) is 76.9 cm³/mol. The quantitative estimate of drug-likeness (QED) is 0.441. The maximum absolute atomic E-state index is 8.76. The number of nitrogens with zero attached hydrogens (tertiary/aromatic N) is 4. The van der Waals surface area contributed by atoms with Gasteiger partial charge in [-0.3, -0.25) is 10.8 Å². The Hall–Kier alpha value is -3.14. The summed E-state index contributed by atoms with van der Waals surface area (Å²) in [5.41, 5.74) is 10.5. The Kier molecular flexibility index (Phi) is 3.77. The van der Waals surface area contributed by atoms with Crippen molar-refractivity contribution >= 4 is 17.2 Å². The molecule has 0 aliphatic carbocycles. The molecule has 0 fully saturated rings. The first-order valence-corrected chi connectivity index (χ1v) is 5.79. The zero-order valence-corrected chi connectivity index (χ0v) is 10.8. The van der Waals surface area contributed by atoms with Crippen LogP contribution in [0.3, 0.4) is 0 Å². The lowest BCUT2D eigenvalue weighted by atomic mass is 10.2. The van der Waals surface area contributed by atoms with E-state index in [1.165, 1.54) is 0 Å². The minimum absolute atomic E-state index is 0.150. The van der Waals surface area contributed by atoms with Crippen molar-refractivity contribution in [1.29, 1.82) is 10.7 Å². The van der Waals surface area contributed by atoms with Gasteiger partial charge in [-0.15, -0.1) is 0 Å². The molecule has 0 saturated heterocycles. The summed E-state index contributed by atoms with van der Waals surface area (Å²) in [6.45, 7) is 1.91. The summed E-state index contributed by atoms with van der Waals surface area (Å²) in [6, 6.07) is 7.44. The number of hydrazone groups is 1. The van der Waals surface area contributed by atoms with Crippen molar-refractivity contribution in [3.63, 3.8) is 0 Å². The van der Waals surface area contributed by atoms with Crippen LogP contribution in [-0.2, 0) is 0 Å². The van der Waals surface area contributed by atoms with E-state index < -0.39 is 0 Å². The summed E-state index contributed by atoms with van der Waals surface area (Å²) >= 11 is 0. The molecular weight excluding hydrogens is 254 g/mol. The summed E-state index contributed by atoms with van der Waals surface area (Å²) in [5.74, 6) is -0.368. The lowest BCUT2D eigenvalue weighted by Gasteiger charge is -2.08. The van der Waals surface area contributed by atoms with Crippen LogP contribution in [0.25, 0.3) is 5.69 Å². The molecule has 0 aliphatic rings. The number of amidine groups is 1. The molecule has 0 atom stereocenters. The van der Waals surface area contributed by atoms with Crippen LogP contribution >= 0.6 is 0 Å². The van der Waals surface area contributed by atoms with E-state index >= 15 is 0 Å². The fourth-order valence-electron chi connectivity index (χ4n) is 1.61. The van der Waals surface area contributed by atoms with Crippen LogP contribution in [0.2, 0.25) is 0 Å². The molecule has 2 rings (SSSR count). The monoisotopic (exact) mass is 267 g/mol. The van der Waals surface area contributed by atoms with Gasteiger partial charge in [0.1, 0.15) is 6.07 Å². The second-order valence-electron chi connectivity index (χ2n) is 4.07. The first-order chi connectivity index (χ1) is 9.61. The van der Waals surface area contributed by atoms with Crippen molar-refractivity contribution in [3.8, 4) is 11.8 Å². The van der Waals surface area contributed by atoms with Gasteiger partial charge in [-0.2, -0.15) is 10.4 Å². The average Bonchev–Trinajstić information content (AvgIpc) is 2.94. The Morgan fingerprint density at radius 2 is 2.35 bits per heavy atom. The second kappa shape index (κ2) is 5.67. The van der Waals surface area contributed by atoms with Gasteiger partial charge in [0.05, 0.1) is 12.0 Å². The standard InChI is InChI=1S/C13H13N7/c1-9-6-10(20-5-4-17-8-20)2-3-11(9)18-19-12(7-14)13(15)16/h2-6,8,18H,1H3,(H3,15,16)/b19-12+. The van der Waals surface area contributed by atoms with Gasteiger partial charge in [-0.1, -0.05) is 0 Å². The number of imidazole rings is 1. The van der Waals surface area contributed by atoms with E-state index in [1.54, 1.807) is 18.6 Å². The van der Waals surface area contributed by atoms with Crippen molar-refractivity contribution in [1.82, 2.24) is 9.55 Å². The Bertz CT molecular complexity index is 692. The lowest BCUT2D eigenvalue weighted by molar-refractivity contribution is 1.05. The zero-order chi connectivity index (χ0) is 14.5. The molecule has 0 aliphatic heterocycles. The second-order valence-corrected chi connectivity index (χ2v) is 4.07. The summed E-state index contributed by atoms with van der Waals surface area (Å²) < 4.78 is 1.89. The van der Waals surface area contributed by atoms with E-state index in [0.29, 0.717) is 0 Å². The third kappa shape index (κ3) is 2.81. The Balaban J connectivity index is 2.23. The van der Waals surface area contributed by atoms with Gasteiger partial charge in [0.25, 0.3) is 0 Å². The molecule has 0 spiro atoms. The SMILES string of the molecule is Cc1cc(-n2ccnc2)ccc1N/N=C(\C#N)C(=N)N. The minimum atomic E-state index is -0.368. The maximum Gasteiger partial charge on any atom is 0.201 e. The molecule has 100 valence electrons. The minimum Gasteiger partial charge on any atom is -0.382 e. The smallest absolute Gasteiger partial charge is 0.201 e. The molecule has 0 saturated carbocycles. The summed E-state index contributed by atoms with van der Waals surface area (Å²) in [7, 11) is 0. The van der Waals surface area contributed by atoms with Crippen molar-refractivity contribution in [2.24, 2.45) is 10.8 Å². The van der Waals surface area contributed by atoms with E-state index in [0.717, 1.165) is 16.9 Å². The van der Waals surface area contributed by atoms with Crippen LogP contribution < -0.4 is 11.2 Å². The topological polar surface area (TPSA) is 116 Å². The third-order valence-corrected chi connectivity index (χ3v) is 2.66. The fourth-order valence-corrected chi connectivity index (χ4v) is 1.61. The highest BCUT2D eigenvalue weighted by molar-refractivity contribution is 6.45. The number of benzene rings is 1. The number of nitrogens with one attached hydrogen (secondary N) is 2. The van der Waals surface area contributed by atoms with Crippen molar-refractivity contribution in [2.45, 2.75) is 6.92 Å². The Labute approximate surface area is 115 Å². The number of anilines is 1. The number of aryl methyl sites for hydroxylation is 1. The molecule has 0 unspecified atom stereocenters. The normalized spacial score (nSPS) is 10.9. The zero-order valence-electron chi connectivity index (χ0n) is 10.8. The van der Waals surface area contributed by atoms with Crippen LogP contribution in [0.4, 0.5) is 5.69 Å². The Morgan fingerprint density at radius 1 is 1.55 bits per heavy atom. The molecule has 2 aromatic rings. The summed E-state index contributed by atoms with van der Waals surface area (Å²) in [4.78, 5) is 3.99. The summed E-state index contributed by atoms with van der Waals surface area (Å²) in [5, 5.41) is 19.7. The van der Waals surface area contributed by atoms with Crippen molar-refractivity contribution in [3.05, 3.63) is 42.5 Å². The number of nitriles is 1. The molecule has 0 radical (unpaired) electrons. The third-order valence-electron chi connectivity index (χ3n) is 2.66. The van der Waals surface area contributed by atoms with Crippen LogP contribution in [0.15, 0.2) is 42.0 Å². The highest BCUT2D eigenvalue weighted by Gasteiger charge is 2.03. The largest absolute Gasteiger partial charge is 0.382 e. The van der Waals surface area contributed by atoms with Gasteiger partial charge in [0, 0.05) is 18.1 Å². The molecule has 4 N–H and O–H groups in total. The molecule has 0 amide bonds. The van der Waals surface area contributed by atoms with E-state index in [4.69, 9.17) is 16.4 Å². The number of aromatic nitrogens is 2. The van der Waals surface area contributed by atoms with Gasteiger partial charge >= 0.3 is 0 Å². The van der Waals surface area contributed by atoms with E-state index in [-0.39, 0.29) is 11.5 Å². The molecule has 0 bridgehead atoms. The predicted octanol–water partition coefficient (Wildman–Crippen LogP) is 1.41. The molecular formula is C13H13N7. The highest BCUT2D eigenvalue weighted by Crippen LogP contribution is 2.18. The highest BCUT2D eigenvalue weighted by atomic mass is 15.3. The molecule has 1 aromatic heterocycles. The first kappa shape index (κ1) is 13.3. The molecule has 7 heteroatoms. The van der Waals surface area contributed by atoms with E-state index in [2.05, 4.69) is 15.5 Å². The maximum atomic E-state index is 8.76. The van der Waals surface area contributed by atoms with Gasteiger partial charge < -0.3 is 10.3 Å². The van der Waals surface area contributed by atoms with Crippen LogP contribution in [0.5, 0.6) is 0 Å². The number of nitrogens with two attached hydrogens (primary N) is 1. The molecule has 20 heavy (non-hydrogen) atoms. The van der Waals surface area contributed by atoms with Gasteiger partial charge in [0.15, 0.2) is 5.84 Å². The van der Waals surface area contributed by atoms with Gasteiger partial charge in [-0.25, -0.2) is 4.98 Å². The van der Waals surface area contributed by atoms with Crippen molar-refractivity contribution < 1.29 is 0 Å². The van der Waals surface area contributed by atoms with E-state index in [9.17, 15) is 0 Å². The summed E-state index contributed by atoms with van der Waals surface area (Å²) in [6.07, 6.45) is 5.27. The van der Waals surface area contributed by atoms with Crippen molar-refractivity contribution in [2.75, 3.05) is 5.43 Å². The lowest BCUT2D eigenvalue weighted by Crippen LogP contribution is -2.21. The average molecular weight is 267 g/mol. The molecule has 1 aromatic carbocycles. The number of hydrogen-bond donors (Lipinski definition) is 3. The molecule has 7 nitrogen and oxygen atoms in total. The first-order valence-electron chi connectivity index (χ1n) is 5.79. The molecule has 1 heterocycles. The fraction of sp³-hybridized carbons (Fsp3) is 0.0769. The number of rotatable bonds is 4. The van der Waals surface area contributed by atoms with Gasteiger partial charge in [-0.05, 0) is 30.7 Å². The van der Waals surface area contributed by atoms with E-state index in [1.807, 2.05) is 35.9 Å². The van der Waals surface area contributed by atoms with Gasteiger partial charge in [0.2, 0.25) is 5.71 Å². The number of hydrogen-bond acceptors (Lipinski definition) is 5. The van der Waals surface area contributed by atoms with Crippen LogP contribution in [-0.4, -0.2) is 21.1 Å².